The molecule has 0 bridgehead atoms. The minimum absolute atomic E-state index is 0.202. The molecule has 0 unspecified atom stereocenters. The maximum atomic E-state index is 13.3. The molecule has 15 heavy (non-hydrogen) atoms. The Kier molecular flexibility index (Phi) is 3.06. The van der Waals surface area contributed by atoms with Crippen LogP contribution in [0.4, 0.5) is 4.39 Å². The first-order valence-electron chi connectivity index (χ1n) is 4.45. The SMILES string of the molecule is Fc1ccccc1Cc1cc(Br)ncn1. The number of nitrogens with zero attached hydrogens (tertiary/aromatic N) is 2. The topological polar surface area (TPSA) is 25.8 Å². The second-order valence-corrected chi connectivity index (χ2v) is 3.91. The van der Waals surface area contributed by atoms with Crippen LogP contribution in [0.3, 0.4) is 0 Å². The zero-order valence-electron chi connectivity index (χ0n) is 7.82. The first kappa shape index (κ1) is 10.2. The molecule has 2 nitrogen and oxygen atoms in total. The largest absolute Gasteiger partial charge is 0.241 e. The maximum absolute atomic E-state index is 13.3. The van der Waals surface area contributed by atoms with Crippen LogP contribution in [0.15, 0.2) is 41.3 Å². The predicted octanol–water partition coefficient (Wildman–Crippen LogP) is 2.97. The average molecular weight is 267 g/mol. The Balaban J connectivity index is 2.26. The second kappa shape index (κ2) is 4.49. The van der Waals surface area contributed by atoms with E-state index in [1.807, 2.05) is 6.07 Å². The molecule has 2 rings (SSSR count). The van der Waals surface area contributed by atoms with Gasteiger partial charge in [0.15, 0.2) is 0 Å². The fourth-order valence-corrected chi connectivity index (χ4v) is 1.66. The Bertz CT molecular complexity index is 474. The van der Waals surface area contributed by atoms with Crippen molar-refractivity contribution in [2.45, 2.75) is 6.42 Å². The Morgan fingerprint density at radius 3 is 2.73 bits per heavy atom. The van der Waals surface area contributed by atoms with Crippen molar-refractivity contribution in [1.82, 2.24) is 9.97 Å². The number of benzene rings is 1. The van der Waals surface area contributed by atoms with E-state index in [-0.39, 0.29) is 5.82 Å². The smallest absolute Gasteiger partial charge is 0.126 e. The minimum Gasteiger partial charge on any atom is -0.241 e. The third kappa shape index (κ3) is 2.59. The fraction of sp³-hybridized carbons (Fsp3) is 0.0909. The van der Waals surface area contributed by atoms with Gasteiger partial charge in [-0.15, -0.1) is 0 Å². The number of aromatic nitrogens is 2. The molecule has 76 valence electrons. The molecule has 1 aromatic carbocycles. The molecule has 0 aliphatic carbocycles. The Hall–Kier alpha value is -1.29. The van der Waals surface area contributed by atoms with Crippen molar-refractivity contribution in [3.05, 3.63) is 58.3 Å². The molecular formula is C11H8BrFN2. The van der Waals surface area contributed by atoms with Gasteiger partial charge >= 0.3 is 0 Å². The van der Waals surface area contributed by atoms with Crippen LogP contribution < -0.4 is 0 Å². The van der Waals surface area contributed by atoms with E-state index in [2.05, 4.69) is 25.9 Å². The molecule has 0 N–H and O–H groups in total. The van der Waals surface area contributed by atoms with E-state index in [9.17, 15) is 4.39 Å². The van der Waals surface area contributed by atoms with Gasteiger partial charge in [-0.3, -0.25) is 0 Å². The van der Waals surface area contributed by atoms with Crippen molar-refractivity contribution in [3.63, 3.8) is 0 Å². The molecule has 0 spiro atoms. The molecule has 0 aliphatic rings. The lowest BCUT2D eigenvalue weighted by molar-refractivity contribution is 0.613. The number of hydrogen-bond acceptors (Lipinski definition) is 2. The lowest BCUT2D eigenvalue weighted by Crippen LogP contribution is -1.95. The van der Waals surface area contributed by atoms with Crippen LogP contribution in [0, 0.1) is 5.82 Å². The average Bonchev–Trinajstić information content (AvgIpc) is 2.22. The van der Waals surface area contributed by atoms with E-state index in [1.165, 1.54) is 12.4 Å². The van der Waals surface area contributed by atoms with Gasteiger partial charge in [-0.25, -0.2) is 14.4 Å². The molecule has 2 aromatic rings. The monoisotopic (exact) mass is 266 g/mol. The zero-order valence-corrected chi connectivity index (χ0v) is 9.41. The van der Waals surface area contributed by atoms with Crippen molar-refractivity contribution >= 4 is 15.9 Å². The molecular weight excluding hydrogens is 259 g/mol. The highest BCUT2D eigenvalue weighted by Crippen LogP contribution is 2.13. The van der Waals surface area contributed by atoms with Crippen LogP contribution in [-0.4, -0.2) is 9.97 Å². The van der Waals surface area contributed by atoms with Crippen LogP contribution in [0.25, 0.3) is 0 Å². The van der Waals surface area contributed by atoms with Gasteiger partial charge < -0.3 is 0 Å². The minimum atomic E-state index is -0.202. The van der Waals surface area contributed by atoms with Crippen LogP contribution in [0.2, 0.25) is 0 Å². The molecule has 0 atom stereocenters. The van der Waals surface area contributed by atoms with E-state index < -0.39 is 0 Å². The molecule has 0 amide bonds. The molecule has 0 saturated carbocycles. The quantitative estimate of drug-likeness (QED) is 0.782. The Labute approximate surface area is 95.3 Å². The molecule has 0 aliphatic heterocycles. The fourth-order valence-electron chi connectivity index (χ4n) is 1.30. The number of halogens is 2. The summed E-state index contributed by atoms with van der Waals surface area (Å²) in [4.78, 5) is 7.98. The van der Waals surface area contributed by atoms with Gasteiger partial charge in [0, 0.05) is 12.1 Å². The molecule has 4 heteroatoms. The normalized spacial score (nSPS) is 10.3. The molecule has 0 saturated heterocycles. The summed E-state index contributed by atoms with van der Waals surface area (Å²) >= 11 is 3.25. The summed E-state index contributed by atoms with van der Waals surface area (Å²) in [5.41, 5.74) is 1.44. The standard InChI is InChI=1S/C11H8BrFN2/c12-11-6-9(14-7-15-11)5-8-3-1-2-4-10(8)13/h1-4,6-7H,5H2. The summed E-state index contributed by atoms with van der Waals surface area (Å²) in [6.07, 6.45) is 1.94. The van der Waals surface area contributed by atoms with Crippen molar-refractivity contribution in [2.24, 2.45) is 0 Å². The van der Waals surface area contributed by atoms with Gasteiger partial charge in [0.1, 0.15) is 16.7 Å². The number of hydrogen-bond donors (Lipinski definition) is 0. The lowest BCUT2D eigenvalue weighted by atomic mass is 10.1. The first-order valence-corrected chi connectivity index (χ1v) is 5.25. The summed E-state index contributed by atoms with van der Waals surface area (Å²) in [6.45, 7) is 0. The summed E-state index contributed by atoms with van der Waals surface area (Å²) < 4.78 is 14.0. The molecule has 1 aromatic heterocycles. The highest BCUT2D eigenvalue weighted by Gasteiger charge is 2.03. The molecule has 1 heterocycles. The van der Waals surface area contributed by atoms with E-state index >= 15 is 0 Å². The van der Waals surface area contributed by atoms with E-state index in [4.69, 9.17) is 0 Å². The summed E-state index contributed by atoms with van der Waals surface area (Å²) in [7, 11) is 0. The molecule has 0 radical (unpaired) electrons. The first-order chi connectivity index (χ1) is 7.25. The van der Waals surface area contributed by atoms with Gasteiger partial charge in [0.05, 0.1) is 0 Å². The van der Waals surface area contributed by atoms with Crippen LogP contribution in [0.1, 0.15) is 11.3 Å². The van der Waals surface area contributed by atoms with Gasteiger partial charge in [0.25, 0.3) is 0 Å². The zero-order chi connectivity index (χ0) is 10.7. The van der Waals surface area contributed by atoms with Gasteiger partial charge in [-0.2, -0.15) is 0 Å². The van der Waals surface area contributed by atoms with Gasteiger partial charge in [-0.05, 0) is 33.6 Å². The summed E-state index contributed by atoms with van der Waals surface area (Å²) in [5.74, 6) is -0.202. The van der Waals surface area contributed by atoms with Crippen molar-refractivity contribution < 1.29 is 4.39 Å². The van der Waals surface area contributed by atoms with Crippen molar-refractivity contribution in [3.8, 4) is 0 Å². The number of rotatable bonds is 2. The van der Waals surface area contributed by atoms with Crippen molar-refractivity contribution in [2.75, 3.05) is 0 Å². The second-order valence-electron chi connectivity index (χ2n) is 3.10. The van der Waals surface area contributed by atoms with Crippen molar-refractivity contribution in [1.29, 1.82) is 0 Å². The Morgan fingerprint density at radius 1 is 1.20 bits per heavy atom. The van der Waals surface area contributed by atoms with E-state index in [1.54, 1.807) is 18.2 Å². The third-order valence-electron chi connectivity index (χ3n) is 2.02. The third-order valence-corrected chi connectivity index (χ3v) is 2.45. The van der Waals surface area contributed by atoms with Gasteiger partial charge in [0.2, 0.25) is 0 Å². The summed E-state index contributed by atoms with van der Waals surface area (Å²) in [5, 5.41) is 0. The van der Waals surface area contributed by atoms with E-state index in [0.29, 0.717) is 16.6 Å². The van der Waals surface area contributed by atoms with Crippen LogP contribution in [-0.2, 0) is 6.42 Å². The van der Waals surface area contributed by atoms with Gasteiger partial charge in [-0.1, -0.05) is 18.2 Å². The summed E-state index contributed by atoms with van der Waals surface area (Å²) in [6, 6.07) is 8.48. The highest BCUT2D eigenvalue weighted by molar-refractivity contribution is 9.10. The maximum Gasteiger partial charge on any atom is 0.126 e. The van der Waals surface area contributed by atoms with Crippen LogP contribution >= 0.6 is 15.9 Å². The Morgan fingerprint density at radius 2 is 2.00 bits per heavy atom. The lowest BCUT2D eigenvalue weighted by Gasteiger charge is -2.02. The van der Waals surface area contributed by atoms with Crippen LogP contribution in [0.5, 0.6) is 0 Å². The molecule has 0 fully saturated rings. The highest BCUT2D eigenvalue weighted by atomic mass is 79.9. The predicted molar refractivity (Wildman–Crippen MR) is 58.9 cm³/mol. The van der Waals surface area contributed by atoms with E-state index in [0.717, 1.165) is 5.69 Å².